The summed E-state index contributed by atoms with van der Waals surface area (Å²) in [5.41, 5.74) is 2.49. The van der Waals surface area contributed by atoms with Crippen molar-refractivity contribution in [2.24, 2.45) is 0 Å². The van der Waals surface area contributed by atoms with Crippen LogP contribution in [-0.2, 0) is 22.5 Å². The maximum Gasteiger partial charge on any atom is 0.367 e. The van der Waals surface area contributed by atoms with E-state index >= 15 is 0 Å². The summed E-state index contributed by atoms with van der Waals surface area (Å²) < 4.78 is 11.8. The van der Waals surface area contributed by atoms with Gasteiger partial charge in [-0.2, -0.15) is 0 Å². The number of hydrogen-bond acceptors (Lipinski definition) is 3. The number of aryl methyl sites for hydroxylation is 1. The van der Waals surface area contributed by atoms with Gasteiger partial charge < -0.3 is 14.0 Å². The molecule has 0 aliphatic heterocycles. The lowest BCUT2D eigenvalue weighted by atomic mass is 10.0. The Morgan fingerprint density at radius 2 is 1.52 bits per heavy atom. The molecule has 0 aliphatic carbocycles. The highest BCUT2D eigenvalue weighted by Gasteiger charge is 2.35. The fourth-order valence-electron chi connectivity index (χ4n) is 4.44. The summed E-state index contributed by atoms with van der Waals surface area (Å²) in [4.78, 5) is 12.8. The van der Waals surface area contributed by atoms with Crippen LogP contribution in [0, 0.1) is 0 Å². The summed E-state index contributed by atoms with van der Waals surface area (Å²) in [6.45, 7) is 5.01. The summed E-state index contributed by atoms with van der Waals surface area (Å²) in [6, 6.07) is 18.2. The number of ether oxygens (including phenoxy) is 2. The third kappa shape index (κ3) is 10.00. The Kier molecular flexibility index (Phi) is 12.0. The normalized spacial score (nSPS) is 12.4. The van der Waals surface area contributed by atoms with E-state index < -0.39 is 0 Å². The molecule has 1 atom stereocenters. The van der Waals surface area contributed by atoms with Gasteiger partial charge in [-0.25, -0.2) is 4.79 Å². The van der Waals surface area contributed by atoms with Crippen molar-refractivity contribution in [3.8, 4) is 5.75 Å². The number of benzene rings is 2. The molecule has 33 heavy (non-hydrogen) atoms. The van der Waals surface area contributed by atoms with Crippen molar-refractivity contribution in [1.82, 2.24) is 0 Å². The Labute approximate surface area is 201 Å². The van der Waals surface area contributed by atoms with Crippen molar-refractivity contribution in [1.29, 1.82) is 0 Å². The van der Waals surface area contributed by atoms with E-state index in [-0.39, 0.29) is 18.8 Å². The lowest BCUT2D eigenvalue weighted by molar-refractivity contribution is -0.919. The summed E-state index contributed by atoms with van der Waals surface area (Å²) in [6.07, 6.45) is 10.9. The molecular formula is C29H44NO3+. The molecule has 0 fully saturated rings. The van der Waals surface area contributed by atoms with Gasteiger partial charge in [-0.1, -0.05) is 94.8 Å². The average Bonchev–Trinajstić information content (AvgIpc) is 2.79. The van der Waals surface area contributed by atoms with E-state index in [1.165, 1.54) is 56.1 Å². The molecule has 0 radical (unpaired) electrons. The summed E-state index contributed by atoms with van der Waals surface area (Å²) in [5, 5.41) is 0. The second kappa shape index (κ2) is 14.7. The molecule has 0 bridgehead atoms. The van der Waals surface area contributed by atoms with E-state index in [9.17, 15) is 4.79 Å². The van der Waals surface area contributed by atoms with Crippen LogP contribution in [0.15, 0.2) is 54.6 Å². The Balaban J connectivity index is 1.76. The first kappa shape index (κ1) is 26.9. The van der Waals surface area contributed by atoms with E-state index in [1.807, 2.05) is 37.3 Å². The molecule has 0 saturated heterocycles. The van der Waals surface area contributed by atoms with Crippen molar-refractivity contribution < 1.29 is 18.8 Å². The van der Waals surface area contributed by atoms with E-state index in [0.717, 1.165) is 18.7 Å². The van der Waals surface area contributed by atoms with E-state index in [0.29, 0.717) is 10.9 Å². The van der Waals surface area contributed by atoms with Gasteiger partial charge in [0, 0.05) is 12.0 Å². The zero-order chi connectivity index (χ0) is 23.9. The molecule has 0 heterocycles. The molecular weight excluding hydrogens is 410 g/mol. The molecule has 2 rings (SSSR count). The first-order valence-electron chi connectivity index (χ1n) is 12.7. The number of carbonyl (C=O) groups excluding carboxylic acids is 1. The first-order chi connectivity index (χ1) is 16.0. The van der Waals surface area contributed by atoms with Crippen LogP contribution in [0.1, 0.15) is 76.3 Å². The minimum Gasteiger partial charge on any atom is -0.457 e. The van der Waals surface area contributed by atoms with Crippen molar-refractivity contribution in [3.63, 3.8) is 0 Å². The fraction of sp³-hybridized carbons (Fsp3) is 0.552. The Hall–Kier alpha value is -2.33. The number of likely N-dealkylation sites (N-methyl/N-ethyl adjacent to an activating group) is 1. The molecule has 2 aromatic carbocycles. The average molecular weight is 455 g/mol. The molecule has 0 aliphatic rings. The van der Waals surface area contributed by atoms with Crippen molar-refractivity contribution >= 4 is 5.97 Å². The lowest BCUT2D eigenvalue weighted by Gasteiger charge is -2.36. The number of unbranched alkanes of at least 4 members (excludes halogenated alkanes) is 6. The van der Waals surface area contributed by atoms with Gasteiger partial charge in [0.1, 0.15) is 12.3 Å². The highest BCUT2D eigenvalue weighted by atomic mass is 16.7. The first-order valence-corrected chi connectivity index (χ1v) is 12.7. The highest BCUT2D eigenvalue weighted by molar-refractivity contribution is 5.74. The quantitative estimate of drug-likeness (QED) is 0.120. The maximum atomic E-state index is 12.8. The predicted octanol–water partition coefficient (Wildman–Crippen LogP) is 6.91. The van der Waals surface area contributed by atoms with Crippen molar-refractivity contribution in [2.45, 2.75) is 84.2 Å². The number of rotatable bonds is 16. The number of hydrogen-bond donors (Lipinski definition) is 0. The van der Waals surface area contributed by atoms with Crippen LogP contribution in [0.2, 0.25) is 0 Å². The summed E-state index contributed by atoms with van der Waals surface area (Å²) >= 11 is 0. The van der Waals surface area contributed by atoms with Crippen LogP contribution in [-0.4, -0.2) is 37.4 Å². The molecule has 4 heteroatoms. The SMILES string of the molecule is CCCCCCCCCc1cccc(OCOC(=O)C(CC)[N+](C)(C)Cc2ccccc2)c1. The summed E-state index contributed by atoms with van der Waals surface area (Å²) in [7, 11) is 4.16. The third-order valence-electron chi connectivity index (χ3n) is 6.33. The molecule has 0 N–H and O–H groups in total. The van der Waals surface area contributed by atoms with Crippen LogP contribution in [0.3, 0.4) is 0 Å². The van der Waals surface area contributed by atoms with E-state index in [4.69, 9.17) is 9.47 Å². The molecule has 0 aromatic heterocycles. The fourth-order valence-corrected chi connectivity index (χ4v) is 4.44. The Bertz CT molecular complexity index is 804. The van der Waals surface area contributed by atoms with Crippen LogP contribution >= 0.6 is 0 Å². The molecule has 1 unspecified atom stereocenters. The van der Waals surface area contributed by atoms with E-state index in [1.54, 1.807) is 0 Å². The Morgan fingerprint density at radius 3 is 2.21 bits per heavy atom. The van der Waals surface area contributed by atoms with Crippen molar-refractivity contribution in [2.75, 3.05) is 20.9 Å². The van der Waals surface area contributed by atoms with E-state index in [2.05, 4.69) is 45.3 Å². The molecule has 0 amide bonds. The Morgan fingerprint density at radius 1 is 0.848 bits per heavy atom. The topological polar surface area (TPSA) is 35.5 Å². The zero-order valence-corrected chi connectivity index (χ0v) is 21.2. The standard InChI is InChI=1S/C29H44NO3/c1-5-7-8-9-10-11-13-17-25-20-16-21-27(22-25)32-24-33-29(31)28(6-2)30(3,4)23-26-18-14-12-15-19-26/h12,14-16,18-22,28H,5-11,13,17,23-24H2,1-4H3/q+1. The van der Waals surface area contributed by atoms with Gasteiger partial charge >= 0.3 is 5.97 Å². The zero-order valence-electron chi connectivity index (χ0n) is 21.2. The van der Waals surface area contributed by atoms with Crippen molar-refractivity contribution in [3.05, 3.63) is 65.7 Å². The van der Waals surface area contributed by atoms with Crippen LogP contribution in [0.5, 0.6) is 5.75 Å². The monoisotopic (exact) mass is 454 g/mol. The van der Waals surface area contributed by atoms with Gasteiger partial charge in [0.2, 0.25) is 6.79 Å². The number of quaternary nitrogens is 1. The molecule has 4 nitrogen and oxygen atoms in total. The van der Waals surface area contributed by atoms with Crippen LogP contribution in [0.4, 0.5) is 0 Å². The number of carbonyl (C=O) groups is 1. The second-order valence-electron chi connectivity index (χ2n) is 9.59. The smallest absolute Gasteiger partial charge is 0.367 e. The molecule has 0 saturated carbocycles. The van der Waals surface area contributed by atoms with Gasteiger partial charge in [-0.15, -0.1) is 0 Å². The predicted molar refractivity (Wildman–Crippen MR) is 136 cm³/mol. The van der Waals surface area contributed by atoms with Crippen LogP contribution in [0.25, 0.3) is 0 Å². The van der Waals surface area contributed by atoms with Gasteiger partial charge in [-0.3, -0.25) is 0 Å². The minimum absolute atomic E-state index is 0.0540. The maximum absolute atomic E-state index is 12.8. The highest BCUT2D eigenvalue weighted by Crippen LogP contribution is 2.19. The molecule has 182 valence electrons. The van der Waals surface area contributed by atoms with Gasteiger partial charge in [0.25, 0.3) is 0 Å². The third-order valence-corrected chi connectivity index (χ3v) is 6.33. The number of nitrogens with zero attached hydrogens (tertiary/aromatic N) is 1. The summed E-state index contributed by atoms with van der Waals surface area (Å²) in [5.74, 6) is 0.548. The molecule has 2 aromatic rings. The van der Waals surface area contributed by atoms with Gasteiger partial charge in [-0.05, 0) is 30.5 Å². The largest absolute Gasteiger partial charge is 0.457 e. The molecule has 0 spiro atoms. The second-order valence-corrected chi connectivity index (χ2v) is 9.59. The number of esters is 1. The van der Waals surface area contributed by atoms with Gasteiger partial charge in [0.05, 0.1) is 14.1 Å². The minimum atomic E-state index is -0.238. The van der Waals surface area contributed by atoms with Crippen LogP contribution < -0.4 is 4.74 Å². The van der Waals surface area contributed by atoms with Gasteiger partial charge in [0.15, 0.2) is 6.04 Å². The lowest BCUT2D eigenvalue weighted by Crippen LogP contribution is -2.52.